The summed E-state index contributed by atoms with van der Waals surface area (Å²) in [7, 11) is 1.56. The Kier molecular flexibility index (Phi) is 7.85. The SMILES string of the molecule is COc1ccc(-c2nc(SCCCCCC(=O)NO)[nH]c(=O)c2C#N)cc1. The molecule has 2 rings (SSSR count). The maximum Gasteiger partial charge on any atom is 0.270 e. The molecule has 0 unspecified atom stereocenters. The van der Waals surface area contributed by atoms with Gasteiger partial charge in [-0.05, 0) is 37.1 Å². The lowest BCUT2D eigenvalue weighted by Gasteiger charge is -2.07. The molecular formula is C18H20N4O4S. The van der Waals surface area contributed by atoms with Crippen molar-refractivity contribution in [1.82, 2.24) is 15.4 Å². The van der Waals surface area contributed by atoms with Gasteiger partial charge in [-0.1, -0.05) is 18.2 Å². The average Bonchev–Trinajstić information content (AvgIpc) is 2.70. The number of aromatic nitrogens is 2. The molecule has 0 radical (unpaired) electrons. The molecule has 2 aromatic rings. The van der Waals surface area contributed by atoms with E-state index in [-0.39, 0.29) is 12.0 Å². The Hall–Kier alpha value is -2.83. The van der Waals surface area contributed by atoms with Crippen molar-refractivity contribution >= 4 is 17.7 Å². The third-order valence-corrected chi connectivity index (χ3v) is 4.74. The van der Waals surface area contributed by atoms with Crippen molar-refractivity contribution in [2.45, 2.75) is 30.8 Å². The Labute approximate surface area is 160 Å². The maximum absolute atomic E-state index is 12.2. The molecule has 8 nitrogen and oxygen atoms in total. The number of carbonyl (C=O) groups excluding carboxylic acids is 1. The summed E-state index contributed by atoms with van der Waals surface area (Å²) in [4.78, 5) is 30.2. The Morgan fingerprint density at radius 1 is 1.33 bits per heavy atom. The molecule has 1 aromatic heterocycles. The molecule has 0 spiro atoms. The predicted molar refractivity (Wildman–Crippen MR) is 101 cm³/mol. The van der Waals surface area contributed by atoms with Gasteiger partial charge in [0.25, 0.3) is 5.56 Å². The van der Waals surface area contributed by atoms with E-state index in [2.05, 4.69) is 9.97 Å². The summed E-state index contributed by atoms with van der Waals surface area (Å²) in [6, 6.07) is 8.91. The van der Waals surface area contributed by atoms with E-state index in [0.29, 0.717) is 34.3 Å². The first kappa shape index (κ1) is 20.5. The van der Waals surface area contributed by atoms with E-state index in [4.69, 9.17) is 9.94 Å². The number of H-pyrrole nitrogens is 1. The molecule has 0 fully saturated rings. The summed E-state index contributed by atoms with van der Waals surface area (Å²) in [6.45, 7) is 0. The molecule has 0 bridgehead atoms. The number of hydrogen-bond acceptors (Lipinski definition) is 7. The summed E-state index contributed by atoms with van der Waals surface area (Å²) in [5.41, 5.74) is 2.10. The van der Waals surface area contributed by atoms with E-state index in [0.717, 1.165) is 12.8 Å². The molecule has 27 heavy (non-hydrogen) atoms. The van der Waals surface area contributed by atoms with Crippen LogP contribution in [-0.2, 0) is 4.79 Å². The van der Waals surface area contributed by atoms with Gasteiger partial charge >= 0.3 is 0 Å². The molecule has 1 amide bonds. The average molecular weight is 388 g/mol. The number of nitrogens with one attached hydrogen (secondary N) is 2. The van der Waals surface area contributed by atoms with Gasteiger partial charge in [-0.3, -0.25) is 14.8 Å². The second kappa shape index (κ2) is 10.4. The van der Waals surface area contributed by atoms with Crippen LogP contribution in [0.15, 0.2) is 34.2 Å². The van der Waals surface area contributed by atoms with E-state index in [9.17, 15) is 14.9 Å². The number of nitrogens with zero attached hydrogens (tertiary/aromatic N) is 2. The number of unbranched alkanes of at least 4 members (excludes halogenated alkanes) is 2. The highest BCUT2D eigenvalue weighted by Gasteiger charge is 2.13. The van der Waals surface area contributed by atoms with Crippen molar-refractivity contribution in [2.75, 3.05) is 12.9 Å². The molecule has 0 saturated heterocycles. The van der Waals surface area contributed by atoms with Crippen LogP contribution in [0.25, 0.3) is 11.3 Å². The monoisotopic (exact) mass is 388 g/mol. The van der Waals surface area contributed by atoms with Gasteiger partial charge < -0.3 is 9.72 Å². The summed E-state index contributed by atoms with van der Waals surface area (Å²) in [5.74, 6) is 0.980. The van der Waals surface area contributed by atoms with Gasteiger partial charge in [0, 0.05) is 17.7 Å². The van der Waals surface area contributed by atoms with Crippen molar-refractivity contribution in [3.63, 3.8) is 0 Å². The molecule has 0 aliphatic heterocycles. The minimum atomic E-state index is -0.472. The van der Waals surface area contributed by atoms with Crippen LogP contribution >= 0.6 is 11.8 Å². The third kappa shape index (κ3) is 5.84. The highest BCUT2D eigenvalue weighted by atomic mass is 32.2. The van der Waals surface area contributed by atoms with Crippen LogP contribution in [0.4, 0.5) is 0 Å². The second-order valence-corrected chi connectivity index (χ2v) is 6.71. The van der Waals surface area contributed by atoms with Gasteiger partial charge in [0.05, 0.1) is 12.8 Å². The van der Waals surface area contributed by atoms with Gasteiger partial charge in [-0.15, -0.1) is 0 Å². The van der Waals surface area contributed by atoms with Crippen molar-refractivity contribution in [2.24, 2.45) is 0 Å². The molecule has 1 heterocycles. The first-order chi connectivity index (χ1) is 13.1. The first-order valence-corrected chi connectivity index (χ1v) is 9.32. The lowest BCUT2D eigenvalue weighted by molar-refractivity contribution is -0.129. The number of ether oxygens (including phenoxy) is 1. The number of methoxy groups -OCH3 is 1. The van der Waals surface area contributed by atoms with Gasteiger partial charge in [-0.25, -0.2) is 10.5 Å². The fraction of sp³-hybridized carbons (Fsp3) is 0.333. The Morgan fingerprint density at radius 3 is 2.70 bits per heavy atom. The lowest BCUT2D eigenvalue weighted by Crippen LogP contribution is -2.17. The number of hydrogen-bond donors (Lipinski definition) is 3. The zero-order valence-electron chi connectivity index (χ0n) is 14.8. The number of nitriles is 1. The van der Waals surface area contributed by atoms with E-state index >= 15 is 0 Å². The Balaban J connectivity index is 2.06. The van der Waals surface area contributed by atoms with E-state index in [1.54, 1.807) is 36.9 Å². The number of thioether (sulfide) groups is 1. The predicted octanol–water partition coefficient (Wildman–Crippen LogP) is 2.48. The van der Waals surface area contributed by atoms with Crippen molar-refractivity contribution in [3.05, 3.63) is 40.2 Å². The zero-order chi connectivity index (χ0) is 19.6. The molecule has 0 aliphatic rings. The van der Waals surface area contributed by atoms with Crippen LogP contribution in [-0.4, -0.2) is 33.9 Å². The van der Waals surface area contributed by atoms with Crippen LogP contribution in [0.3, 0.4) is 0 Å². The molecule has 142 valence electrons. The van der Waals surface area contributed by atoms with Crippen LogP contribution in [0.2, 0.25) is 0 Å². The number of carbonyl (C=O) groups is 1. The fourth-order valence-corrected chi connectivity index (χ4v) is 3.23. The largest absolute Gasteiger partial charge is 0.497 e. The molecule has 0 aliphatic carbocycles. The summed E-state index contributed by atoms with van der Waals surface area (Å²) < 4.78 is 5.12. The fourth-order valence-electron chi connectivity index (χ4n) is 2.37. The smallest absolute Gasteiger partial charge is 0.270 e. The minimum Gasteiger partial charge on any atom is -0.497 e. The van der Waals surface area contributed by atoms with Gasteiger partial charge in [0.15, 0.2) is 5.16 Å². The number of benzene rings is 1. The van der Waals surface area contributed by atoms with Gasteiger partial charge in [0.2, 0.25) is 5.91 Å². The van der Waals surface area contributed by atoms with Crippen molar-refractivity contribution in [1.29, 1.82) is 5.26 Å². The van der Waals surface area contributed by atoms with E-state index in [1.807, 2.05) is 6.07 Å². The van der Waals surface area contributed by atoms with Crippen LogP contribution in [0.1, 0.15) is 31.2 Å². The quantitative estimate of drug-likeness (QED) is 0.198. The van der Waals surface area contributed by atoms with Crippen molar-refractivity contribution < 1.29 is 14.7 Å². The number of aromatic amines is 1. The number of hydroxylamine groups is 1. The standard InChI is InChI=1S/C18H20N4O4S/c1-26-13-8-6-12(7-9-13)16-14(11-19)17(24)21-18(20-16)27-10-4-2-3-5-15(23)22-25/h6-9,25H,2-5,10H2,1H3,(H,22,23)(H,20,21,24). The van der Waals surface area contributed by atoms with Crippen molar-refractivity contribution in [3.8, 4) is 23.1 Å². The molecular weight excluding hydrogens is 368 g/mol. The Bertz CT molecular complexity index is 874. The van der Waals surface area contributed by atoms with Crippen LogP contribution in [0, 0.1) is 11.3 Å². The molecule has 1 aromatic carbocycles. The first-order valence-electron chi connectivity index (χ1n) is 8.33. The van der Waals surface area contributed by atoms with E-state index in [1.165, 1.54) is 11.8 Å². The molecule has 3 N–H and O–H groups in total. The van der Waals surface area contributed by atoms with Crippen LogP contribution in [0.5, 0.6) is 5.75 Å². The zero-order valence-corrected chi connectivity index (χ0v) is 15.6. The minimum absolute atomic E-state index is 0.0282. The summed E-state index contributed by atoms with van der Waals surface area (Å²) in [6.07, 6.45) is 2.58. The number of rotatable bonds is 9. The van der Waals surface area contributed by atoms with Gasteiger partial charge in [0.1, 0.15) is 17.4 Å². The second-order valence-electron chi connectivity index (χ2n) is 5.63. The number of amides is 1. The molecule has 9 heteroatoms. The molecule has 0 saturated carbocycles. The highest BCUT2D eigenvalue weighted by Crippen LogP contribution is 2.24. The lowest BCUT2D eigenvalue weighted by atomic mass is 10.1. The summed E-state index contributed by atoms with van der Waals surface area (Å²) in [5, 5.41) is 18.2. The maximum atomic E-state index is 12.2. The van der Waals surface area contributed by atoms with E-state index < -0.39 is 11.5 Å². The molecule has 0 atom stereocenters. The highest BCUT2D eigenvalue weighted by molar-refractivity contribution is 7.99. The third-order valence-electron chi connectivity index (χ3n) is 3.78. The van der Waals surface area contributed by atoms with Gasteiger partial charge in [-0.2, -0.15) is 5.26 Å². The van der Waals surface area contributed by atoms with Crippen LogP contribution < -0.4 is 15.8 Å². The summed E-state index contributed by atoms with van der Waals surface area (Å²) >= 11 is 1.38. The Morgan fingerprint density at radius 2 is 2.07 bits per heavy atom. The normalized spacial score (nSPS) is 10.3. The topological polar surface area (TPSA) is 128 Å².